The average Bonchev–Trinajstić information content (AvgIpc) is 2.77. The summed E-state index contributed by atoms with van der Waals surface area (Å²) < 4.78 is 0. The van der Waals surface area contributed by atoms with Gasteiger partial charge >= 0.3 is 0 Å². The van der Waals surface area contributed by atoms with Gasteiger partial charge in [0.05, 0.1) is 30.4 Å². The van der Waals surface area contributed by atoms with Crippen LogP contribution in [0.3, 0.4) is 0 Å². The zero-order valence-corrected chi connectivity index (χ0v) is 12.1. The van der Waals surface area contributed by atoms with Crippen LogP contribution in [0.2, 0.25) is 0 Å². The number of rotatable bonds is 5. The van der Waals surface area contributed by atoms with E-state index >= 15 is 0 Å². The average molecular weight is 272 g/mol. The number of unbranched alkanes of at least 4 members (excludes halogenated alkanes) is 1. The molecular formula is C14H28N2O3. The van der Waals surface area contributed by atoms with E-state index in [1.165, 1.54) is 0 Å². The van der Waals surface area contributed by atoms with E-state index < -0.39 is 18.3 Å². The van der Waals surface area contributed by atoms with Gasteiger partial charge in [0.2, 0.25) is 0 Å². The van der Waals surface area contributed by atoms with Gasteiger partial charge in [0, 0.05) is 13.1 Å². The van der Waals surface area contributed by atoms with Crippen LogP contribution in [0.5, 0.6) is 0 Å². The lowest BCUT2D eigenvalue weighted by atomic mass is 9.90. The fourth-order valence-electron chi connectivity index (χ4n) is 3.55. The molecular weight excluding hydrogens is 244 g/mol. The van der Waals surface area contributed by atoms with Gasteiger partial charge in [0.1, 0.15) is 0 Å². The highest BCUT2D eigenvalue weighted by molar-refractivity contribution is 5.04. The molecule has 2 aliphatic rings. The first-order valence-electron chi connectivity index (χ1n) is 7.62. The Morgan fingerprint density at radius 1 is 1.16 bits per heavy atom. The predicted molar refractivity (Wildman–Crippen MR) is 73.9 cm³/mol. The lowest BCUT2D eigenvalue weighted by Gasteiger charge is -2.46. The molecule has 2 rings (SSSR count). The van der Waals surface area contributed by atoms with Crippen molar-refractivity contribution in [2.24, 2.45) is 0 Å². The number of aliphatic hydroxyl groups is 3. The van der Waals surface area contributed by atoms with E-state index in [0.29, 0.717) is 6.42 Å². The summed E-state index contributed by atoms with van der Waals surface area (Å²) in [5.41, 5.74) is 0. The minimum atomic E-state index is -0.841. The third kappa shape index (κ3) is 2.95. The quantitative estimate of drug-likeness (QED) is 0.638. The largest absolute Gasteiger partial charge is 0.391 e. The Balaban J connectivity index is 2.05. The first kappa shape index (κ1) is 15.2. The van der Waals surface area contributed by atoms with Crippen LogP contribution in [0.15, 0.2) is 0 Å². The summed E-state index contributed by atoms with van der Waals surface area (Å²) in [5, 5.41) is 30.6. The van der Waals surface area contributed by atoms with Gasteiger partial charge < -0.3 is 15.3 Å². The van der Waals surface area contributed by atoms with Crippen LogP contribution >= 0.6 is 0 Å². The van der Waals surface area contributed by atoms with Gasteiger partial charge in [-0.05, 0) is 25.9 Å². The molecule has 0 aromatic rings. The fraction of sp³-hybridized carbons (Fsp3) is 1.00. The highest BCUT2D eigenvalue weighted by atomic mass is 16.3. The molecule has 2 heterocycles. The Morgan fingerprint density at radius 2 is 1.89 bits per heavy atom. The molecule has 2 saturated heterocycles. The molecule has 0 saturated carbocycles. The molecule has 2 aliphatic heterocycles. The van der Waals surface area contributed by atoms with Crippen molar-refractivity contribution in [1.29, 1.82) is 0 Å². The predicted octanol–water partition coefficient (Wildman–Crippen LogP) is -0.352. The Bertz CT molecular complexity index is 290. The van der Waals surface area contributed by atoms with Gasteiger partial charge in [-0.3, -0.25) is 9.80 Å². The van der Waals surface area contributed by atoms with E-state index in [4.69, 9.17) is 0 Å². The summed E-state index contributed by atoms with van der Waals surface area (Å²) in [6, 6.07) is -0.302. The molecule has 112 valence electrons. The standard InChI is InChI=1S/C14H28N2O3/c1-3-5-7-15(4-2)10-9-16-8-6-11(17)12(16)14(19)13(10)18/h10-14,17-19H,3-9H2,1-2H3/t10-,11-,12?,13+,14+/m0/s1. The number of likely N-dealkylation sites (N-methyl/N-ethyl adjacent to an activating group) is 1. The maximum absolute atomic E-state index is 10.4. The lowest BCUT2D eigenvalue weighted by molar-refractivity contribution is -0.124. The molecule has 5 atom stereocenters. The summed E-state index contributed by atoms with van der Waals surface area (Å²) in [7, 11) is 0. The van der Waals surface area contributed by atoms with Crippen molar-refractivity contribution >= 4 is 0 Å². The maximum Gasteiger partial charge on any atom is 0.0994 e. The van der Waals surface area contributed by atoms with E-state index in [1.54, 1.807) is 0 Å². The Labute approximate surface area is 115 Å². The summed E-state index contributed by atoms with van der Waals surface area (Å²) in [6.07, 6.45) is 0.836. The zero-order valence-electron chi connectivity index (χ0n) is 12.1. The molecule has 0 aliphatic carbocycles. The van der Waals surface area contributed by atoms with Crippen molar-refractivity contribution in [2.45, 2.75) is 63.5 Å². The van der Waals surface area contributed by atoms with Gasteiger partial charge in [0.15, 0.2) is 0 Å². The van der Waals surface area contributed by atoms with E-state index in [9.17, 15) is 15.3 Å². The third-order valence-electron chi connectivity index (χ3n) is 4.72. The second kappa shape index (κ2) is 6.50. The smallest absolute Gasteiger partial charge is 0.0994 e. The molecule has 5 heteroatoms. The minimum Gasteiger partial charge on any atom is -0.391 e. The van der Waals surface area contributed by atoms with Crippen LogP contribution in [0.25, 0.3) is 0 Å². The van der Waals surface area contributed by atoms with Crippen LogP contribution in [0.1, 0.15) is 33.1 Å². The molecule has 1 unspecified atom stereocenters. The van der Waals surface area contributed by atoms with Gasteiger partial charge in [0.25, 0.3) is 0 Å². The number of hydrogen-bond donors (Lipinski definition) is 3. The Morgan fingerprint density at radius 3 is 2.53 bits per heavy atom. The zero-order chi connectivity index (χ0) is 14.0. The number of hydrogen-bond acceptors (Lipinski definition) is 5. The van der Waals surface area contributed by atoms with Crippen molar-refractivity contribution in [3.63, 3.8) is 0 Å². The van der Waals surface area contributed by atoms with Gasteiger partial charge in [-0.15, -0.1) is 0 Å². The van der Waals surface area contributed by atoms with Gasteiger partial charge in [-0.1, -0.05) is 20.3 Å². The molecule has 0 bridgehead atoms. The SMILES string of the molecule is CCCCN(CC)[C@H]1CN2CC[C@H](O)C2[C@@H](O)[C@@H]1O. The topological polar surface area (TPSA) is 67.2 Å². The van der Waals surface area contributed by atoms with Crippen molar-refractivity contribution < 1.29 is 15.3 Å². The van der Waals surface area contributed by atoms with Crippen molar-refractivity contribution in [3.05, 3.63) is 0 Å². The number of piperidine rings is 1. The normalized spacial score (nSPS) is 39.8. The van der Waals surface area contributed by atoms with Gasteiger partial charge in [-0.2, -0.15) is 0 Å². The summed E-state index contributed by atoms with van der Waals surface area (Å²) >= 11 is 0. The van der Waals surface area contributed by atoms with Crippen LogP contribution in [0.4, 0.5) is 0 Å². The van der Waals surface area contributed by atoms with Crippen LogP contribution in [-0.4, -0.2) is 81.7 Å². The fourth-order valence-corrected chi connectivity index (χ4v) is 3.55. The molecule has 0 radical (unpaired) electrons. The van der Waals surface area contributed by atoms with E-state index in [-0.39, 0.29) is 12.1 Å². The summed E-state index contributed by atoms with van der Waals surface area (Å²) in [4.78, 5) is 4.40. The highest BCUT2D eigenvalue weighted by Gasteiger charge is 2.49. The summed E-state index contributed by atoms with van der Waals surface area (Å²) in [5.74, 6) is 0. The maximum atomic E-state index is 10.4. The first-order chi connectivity index (χ1) is 9.10. The molecule has 0 amide bonds. The van der Waals surface area contributed by atoms with Crippen molar-refractivity contribution in [1.82, 2.24) is 9.80 Å². The Hall–Kier alpha value is -0.200. The summed E-state index contributed by atoms with van der Waals surface area (Å²) in [6.45, 7) is 7.67. The molecule has 2 fully saturated rings. The molecule has 0 aromatic carbocycles. The lowest BCUT2D eigenvalue weighted by Crippen LogP contribution is -2.65. The minimum absolute atomic E-state index is 0.0203. The molecule has 0 spiro atoms. The molecule has 0 aromatic heterocycles. The second-order valence-electron chi connectivity index (χ2n) is 5.87. The molecule has 19 heavy (non-hydrogen) atoms. The van der Waals surface area contributed by atoms with E-state index in [2.05, 4.69) is 23.6 Å². The van der Waals surface area contributed by atoms with Crippen LogP contribution in [-0.2, 0) is 0 Å². The number of fused-ring (bicyclic) bond motifs is 1. The van der Waals surface area contributed by atoms with E-state index in [1.807, 2.05) is 0 Å². The van der Waals surface area contributed by atoms with Crippen molar-refractivity contribution in [3.8, 4) is 0 Å². The number of aliphatic hydroxyl groups excluding tert-OH is 3. The van der Waals surface area contributed by atoms with Crippen molar-refractivity contribution in [2.75, 3.05) is 26.2 Å². The monoisotopic (exact) mass is 272 g/mol. The van der Waals surface area contributed by atoms with Gasteiger partial charge in [-0.25, -0.2) is 0 Å². The van der Waals surface area contributed by atoms with E-state index in [0.717, 1.165) is 39.0 Å². The number of nitrogens with zero attached hydrogens (tertiary/aromatic N) is 2. The molecule has 3 N–H and O–H groups in total. The molecule has 5 nitrogen and oxygen atoms in total. The second-order valence-corrected chi connectivity index (χ2v) is 5.87. The Kier molecular flexibility index (Phi) is 5.20. The third-order valence-corrected chi connectivity index (χ3v) is 4.72. The van der Waals surface area contributed by atoms with Crippen LogP contribution in [0, 0.1) is 0 Å². The van der Waals surface area contributed by atoms with Crippen LogP contribution < -0.4 is 0 Å². The first-order valence-corrected chi connectivity index (χ1v) is 7.62. The highest BCUT2D eigenvalue weighted by Crippen LogP contribution is 2.30.